The van der Waals surface area contributed by atoms with Gasteiger partial charge in [0.25, 0.3) is 0 Å². The third-order valence-corrected chi connectivity index (χ3v) is 2.44. The molecule has 0 aromatic heterocycles. The molecule has 110 valence electrons. The van der Waals surface area contributed by atoms with Crippen LogP contribution in [0.15, 0.2) is 22.3 Å². The second kappa shape index (κ2) is 8.27. The number of ether oxygens (including phenoxy) is 2. The number of hydrogen-bond donors (Lipinski definition) is 2. The van der Waals surface area contributed by atoms with Crippen molar-refractivity contribution >= 4 is 23.8 Å². The molecule has 0 atom stereocenters. The summed E-state index contributed by atoms with van der Waals surface area (Å²) in [7, 11) is 0. The van der Waals surface area contributed by atoms with Gasteiger partial charge in [0.1, 0.15) is 0 Å². The normalized spacial score (nSPS) is 10.6. The summed E-state index contributed by atoms with van der Waals surface area (Å²) in [6.45, 7) is 4.98. The van der Waals surface area contributed by atoms with Gasteiger partial charge in [-0.3, -0.25) is 0 Å². The van der Waals surface area contributed by atoms with E-state index in [1.807, 2.05) is 13.8 Å². The lowest BCUT2D eigenvalue weighted by Crippen LogP contribution is -2.21. The standard InChI is InChI=1S/C13H19ClN4O2/c1-3-5-20-12-10(14)6-9(7-11(12)19-4-2)8-17-18-13(15)16/h6-8H,3-5H2,1-2H3,(H4,15,16,18)/b17-8+. The molecule has 6 nitrogen and oxygen atoms in total. The highest BCUT2D eigenvalue weighted by atomic mass is 35.5. The molecule has 0 aliphatic rings. The molecule has 0 spiro atoms. The molecule has 20 heavy (non-hydrogen) atoms. The van der Waals surface area contributed by atoms with E-state index in [9.17, 15) is 0 Å². The van der Waals surface area contributed by atoms with Gasteiger partial charge in [0, 0.05) is 5.56 Å². The Morgan fingerprint density at radius 2 is 2.05 bits per heavy atom. The van der Waals surface area contributed by atoms with E-state index in [0.29, 0.717) is 35.3 Å². The summed E-state index contributed by atoms with van der Waals surface area (Å²) in [6, 6.07) is 3.48. The van der Waals surface area contributed by atoms with Crippen LogP contribution in [0, 0.1) is 0 Å². The lowest BCUT2D eigenvalue weighted by molar-refractivity contribution is 0.277. The van der Waals surface area contributed by atoms with Gasteiger partial charge in [-0.05, 0) is 25.5 Å². The van der Waals surface area contributed by atoms with E-state index in [4.69, 9.17) is 32.5 Å². The average Bonchev–Trinajstić information content (AvgIpc) is 2.38. The zero-order valence-corrected chi connectivity index (χ0v) is 12.4. The van der Waals surface area contributed by atoms with E-state index < -0.39 is 0 Å². The zero-order valence-electron chi connectivity index (χ0n) is 11.6. The predicted octanol–water partition coefficient (Wildman–Crippen LogP) is 2.13. The summed E-state index contributed by atoms with van der Waals surface area (Å²) in [6.07, 6.45) is 2.37. The smallest absolute Gasteiger partial charge is 0.211 e. The van der Waals surface area contributed by atoms with Crippen molar-refractivity contribution in [3.63, 3.8) is 0 Å². The molecule has 1 rings (SSSR count). The Hall–Kier alpha value is -1.95. The molecule has 0 aliphatic heterocycles. The highest BCUT2D eigenvalue weighted by molar-refractivity contribution is 6.32. The van der Waals surface area contributed by atoms with Gasteiger partial charge in [0.05, 0.1) is 24.5 Å². The number of guanidine groups is 1. The Labute approximate surface area is 123 Å². The lowest BCUT2D eigenvalue weighted by atomic mass is 10.2. The summed E-state index contributed by atoms with van der Waals surface area (Å²) in [5.41, 5.74) is 11.1. The molecule has 0 heterocycles. The van der Waals surface area contributed by atoms with Crippen LogP contribution in [0.2, 0.25) is 5.02 Å². The van der Waals surface area contributed by atoms with Crippen LogP contribution in [-0.4, -0.2) is 25.4 Å². The molecule has 0 unspecified atom stereocenters. The van der Waals surface area contributed by atoms with Crippen molar-refractivity contribution in [1.29, 1.82) is 0 Å². The monoisotopic (exact) mass is 298 g/mol. The Balaban J connectivity index is 3.05. The van der Waals surface area contributed by atoms with Gasteiger partial charge >= 0.3 is 0 Å². The molecule has 0 aliphatic carbocycles. The summed E-state index contributed by atoms with van der Waals surface area (Å²) < 4.78 is 11.1. The molecule has 0 saturated carbocycles. The van der Waals surface area contributed by atoms with Gasteiger partial charge in [0.15, 0.2) is 11.5 Å². The van der Waals surface area contributed by atoms with E-state index in [0.717, 1.165) is 6.42 Å². The first-order chi connectivity index (χ1) is 9.58. The highest BCUT2D eigenvalue weighted by Crippen LogP contribution is 2.36. The summed E-state index contributed by atoms with van der Waals surface area (Å²) >= 11 is 6.20. The number of halogens is 1. The van der Waals surface area contributed by atoms with Crippen molar-refractivity contribution in [3.05, 3.63) is 22.7 Å². The lowest BCUT2D eigenvalue weighted by Gasteiger charge is -2.13. The van der Waals surface area contributed by atoms with E-state index in [-0.39, 0.29) is 5.96 Å². The van der Waals surface area contributed by atoms with Crippen molar-refractivity contribution in [2.45, 2.75) is 20.3 Å². The molecule has 0 bridgehead atoms. The van der Waals surface area contributed by atoms with Gasteiger partial charge in [0.2, 0.25) is 5.96 Å². The number of rotatable bonds is 7. The van der Waals surface area contributed by atoms with Crippen LogP contribution < -0.4 is 20.9 Å². The molecule has 1 aromatic carbocycles. The van der Waals surface area contributed by atoms with Crippen molar-refractivity contribution in [1.82, 2.24) is 0 Å². The van der Waals surface area contributed by atoms with Crippen molar-refractivity contribution in [2.75, 3.05) is 13.2 Å². The Morgan fingerprint density at radius 1 is 1.30 bits per heavy atom. The summed E-state index contributed by atoms with van der Waals surface area (Å²) in [5, 5.41) is 7.71. The minimum absolute atomic E-state index is 0.111. The SMILES string of the molecule is CCCOc1c(Cl)cc(/C=N/N=C(N)N)cc1OCC. The highest BCUT2D eigenvalue weighted by Gasteiger charge is 2.11. The first-order valence-corrected chi connectivity index (χ1v) is 6.67. The van der Waals surface area contributed by atoms with E-state index in [1.165, 1.54) is 6.21 Å². The Kier molecular flexibility index (Phi) is 6.66. The molecular formula is C13H19ClN4O2. The number of nitrogens with zero attached hydrogens (tertiary/aromatic N) is 2. The summed E-state index contributed by atoms with van der Waals surface area (Å²) in [4.78, 5) is 0. The molecule has 0 saturated heterocycles. The minimum Gasteiger partial charge on any atom is -0.490 e. The van der Waals surface area contributed by atoms with Crippen LogP contribution in [0.4, 0.5) is 0 Å². The first kappa shape index (κ1) is 16.1. The maximum atomic E-state index is 6.20. The molecule has 0 radical (unpaired) electrons. The fourth-order valence-electron chi connectivity index (χ4n) is 1.43. The Morgan fingerprint density at radius 3 is 2.65 bits per heavy atom. The van der Waals surface area contributed by atoms with Gasteiger partial charge in [-0.1, -0.05) is 18.5 Å². The topological polar surface area (TPSA) is 95.2 Å². The van der Waals surface area contributed by atoms with Crippen LogP contribution in [0.3, 0.4) is 0 Å². The molecule has 1 aromatic rings. The van der Waals surface area contributed by atoms with Crippen LogP contribution >= 0.6 is 11.6 Å². The molecule has 7 heteroatoms. The third kappa shape index (κ3) is 4.97. The quantitative estimate of drug-likeness (QED) is 0.458. The van der Waals surface area contributed by atoms with Crippen LogP contribution in [0.1, 0.15) is 25.8 Å². The zero-order chi connectivity index (χ0) is 15.0. The van der Waals surface area contributed by atoms with Crippen LogP contribution in [0.5, 0.6) is 11.5 Å². The molecule has 0 fully saturated rings. The Bertz CT molecular complexity index is 499. The van der Waals surface area contributed by atoms with E-state index >= 15 is 0 Å². The second-order valence-corrected chi connectivity index (χ2v) is 4.29. The maximum Gasteiger partial charge on any atom is 0.211 e. The number of hydrogen-bond acceptors (Lipinski definition) is 4. The number of benzene rings is 1. The van der Waals surface area contributed by atoms with Crippen molar-refractivity contribution < 1.29 is 9.47 Å². The van der Waals surface area contributed by atoms with Crippen molar-refractivity contribution in [3.8, 4) is 11.5 Å². The minimum atomic E-state index is -0.111. The van der Waals surface area contributed by atoms with Gasteiger partial charge in [-0.15, -0.1) is 5.10 Å². The average molecular weight is 299 g/mol. The maximum absolute atomic E-state index is 6.20. The molecule has 0 amide bonds. The molecule has 4 N–H and O–H groups in total. The van der Waals surface area contributed by atoms with Crippen LogP contribution in [-0.2, 0) is 0 Å². The third-order valence-electron chi connectivity index (χ3n) is 2.16. The largest absolute Gasteiger partial charge is 0.490 e. The second-order valence-electron chi connectivity index (χ2n) is 3.88. The van der Waals surface area contributed by atoms with Gasteiger partial charge in [-0.25, -0.2) is 0 Å². The fraction of sp³-hybridized carbons (Fsp3) is 0.385. The summed E-state index contributed by atoms with van der Waals surface area (Å²) in [5.74, 6) is 0.995. The fourth-order valence-corrected chi connectivity index (χ4v) is 1.71. The van der Waals surface area contributed by atoms with Gasteiger partial charge in [-0.2, -0.15) is 5.10 Å². The van der Waals surface area contributed by atoms with E-state index in [1.54, 1.807) is 12.1 Å². The number of nitrogens with two attached hydrogens (primary N) is 2. The van der Waals surface area contributed by atoms with Crippen LogP contribution in [0.25, 0.3) is 0 Å². The molecular weight excluding hydrogens is 280 g/mol. The van der Waals surface area contributed by atoms with E-state index in [2.05, 4.69) is 10.2 Å². The first-order valence-electron chi connectivity index (χ1n) is 6.29. The van der Waals surface area contributed by atoms with Crippen molar-refractivity contribution in [2.24, 2.45) is 21.7 Å². The van der Waals surface area contributed by atoms with Gasteiger partial charge < -0.3 is 20.9 Å². The predicted molar refractivity (Wildman–Crippen MR) is 81.8 cm³/mol.